The summed E-state index contributed by atoms with van der Waals surface area (Å²) in [7, 11) is -2.28. The average molecular weight is 319 g/mol. The van der Waals surface area contributed by atoms with Gasteiger partial charge in [-0.15, -0.1) is 0 Å². The lowest BCUT2D eigenvalue weighted by Crippen LogP contribution is -2.38. The van der Waals surface area contributed by atoms with Crippen molar-refractivity contribution in [2.24, 2.45) is 5.92 Å². The van der Waals surface area contributed by atoms with E-state index < -0.39 is 21.7 Å². The highest BCUT2D eigenvalue weighted by Crippen LogP contribution is 2.23. The van der Waals surface area contributed by atoms with Crippen LogP contribution in [0.1, 0.15) is 25.5 Å². The summed E-state index contributed by atoms with van der Waals surface area (Å²) in [4.78, 5) is 11.8. The molecule has 0 heterocycles. The molecule has 5 nitrogen and oxygen atoms in total. The van der Waals surface area contributed by atoms with Gasteiger partial charge in [0.05, 0.1) is 6.04 Å². The van der Waals surface area contributed by atoms with Gasteiger partial charge in [0.1, 0.15) is 5.75 Å². The van der Waals surface area contributed by atoms with Crippen molar-refractivity contribution in [3.63, 3.8) is 0 Å². The predicted molar refractivity (Wildman–Crippen MR) is 80.0 cm³/mol. The van der Waals surface area contributed by atoms with Gasteiger partial charge in [-0.3, -0.25) is 4.79 Å². The molecule has 1 aromatic carbocycles. The van der Waals surface area contributed by atoms with Crippen molar-refractivity contribution in [3.8, 4) is 0 Å². The van der Waals surface area contributed by atoms with Gasteiger partial charge in [-0.1, -0.05) is 37.6 Å². The van der Waals surface area contributed by atoms with Crippen molar-refractivity contribution in [2.75, 3.05) is 12.8 Å². The van der Waals surface area contributed by atoms with Gasteiger partial charge in [-0.05, 0) is 30.7 Å². The smallest absolute Gasteiger partial charge is 0.237 e. The number of sulfonamides is 1. The molecule has 0 aromatic heterocycles. The fourth-order valence-corrected chi connectivity index (χ4v) is 2.46. The Kier molecular flexibility index (Phi) is 5.98. The van der Waals surface area contributed by atoms with E-state index in [4.69, 9.17) is 11.6 Å². The maximum absolute atomic E-state index is 11.8. The first-order valence-corrected chi connectivity index (χ1v) is 8.24. The highest BCUT2D eigenvalue weighted by atomic mass is 35.5. The number of amides is 1. The van der Waals surface area contributed by atoms with Gasteiger partial charge in [0, 0.05) is 5.02 Å². The Balaban J connectivity index is 2.83. The Labute approximate surface area is 124 Å². The van der Waals surface area contributed by atoms with Crippen LogP contribution in [-0.2, 0) is 14.8 Å². The van der Waals surface area contributed by atoms with Crippen LogP contribution >= 0.6 is 11.6 Å². The number of nitrogens with one attached hydrogen (secondary N) is 2. The van der Waals surface area contributed by atoms with Crippen LogP contribution < -0.4 is 10.0 Å². The molecule has 7 heteroatoms. The van der Waals surface area contributed by atoms with Crippen molar-refractivity contribution >= 4 is 27.5 Å². The summed E-state index contributed by atoms with van der Waals surface area (Å²) in [6.07, 6.45) is 0. The van der Waals surface area contributed by atoms with Crippen LogP contribution in [0.4, 0.5) is 0 Å². The van der Waals surface area contributed by atoms with Gasteiger partial charge in [-0.2, -0.15) is 0 Å². The number of carbonyl (C=O) groups is 1. The molecule has 0 aliphatic carbocycles. The fraction of sp³-hybridized carbons (Fsp3) is 0.462. The van der Waals surface area contributed by atoms with E-state index in [1.165, 1.54) is 7.05 Å². The average Bonchev–Trinajstić information content (AvgIpc) is 2.36. The van der Waals surface area contributed by atoms with Crippen molar-refractivity contribution in [1.82, 2.24) is 10.0 Å². The van der Waals surface area contributed by atoms with E-state index in [2.05, 4.69) is 10.0 Å². The molecule has 0 bridgehead atoms. The zero-order valence-electron chi connectivity index (χ0n) is 11.7. The largest absolute Gasteiger partial charge is 0.348 e. The standard InChI is InChI=1S/C13H19ClN2O3S/c1-9(2)13(10-4-6-11(14)7-5-10)16-12(17)8-20(18,19)15-3/h4-7,9,13,15H,8H2,1-3H3,(H,16,17). The molecule has 1 unspecified atom stereocenters. The summed E-state index contributed by atoms with van der Waals surface area (Å²) in [5.41, 5.74) is 0.889. The Morgan fingerprint density at radius 2 is 1.80 bits per heavy atom. The number of rotatable bonds is 6. The van der Waals surface area contributed by atoms with Gasteiger partial charge in [-0.25, -0.2) is 13.1 Å². The molecular formula is C13H19ClN2O3S. The molecule has 1 rings (SSSR count). The van der Waals surface area contributed by atoms with E-state index in [-0.39, 0.29) is 12.0 Å². The van der Waals surface area contributed by atoms with Crippen molar-refractivity contribution in [3.05, 3.63) is 34.9 Å². The number of carbonyl (C=O) groups excluding carboxylic acids is 1. The monoisotopic (exact) mass is 318 g/mol. The molecule has 0 aliphatic rings. The molecule has 1 atom stereocenters. The molecule has 1 aromatic rings. The maximum atomic E-state index is 11.8. The fourth-order valence-electron chi connectivity index (χ4n) is 1.76. The van der Waals surface area contributed by atoms with Gasteiger partial charge in [0.15, 0.2) is 0 Å². The van der Waals surface area contributed by atoms with E-state index in [9.17, 15) is 13.2 Å². The summed E-state index contributed by atoms with van der Waals surface area (Å²) in [6, 6.07) is 6.86. The van der Waals surface area contributed by atoms with Crippen LogP contribution in [-0.4, -0.2) is 27.1 Å². The van der Waals surface area contributed by atoms with Crippen LogP contribution in [0.3, 0.4) is 0 Å². The summed E-state index contributed by atoms with van der Waals surface area (Å²) >= 11 is 5.83. The summed E-state index contributed by atoms with van der Waals surface area (Å²) in [6.45, 7) is 3.90. The van der Waals surface area contributed by atoms with Crippen LogP contribution in [0, 0.1) is 5.92 Å². The lowest BCUT2D eigenvalue weighted by Gasteiger charge is -2.23. The molecule has 20 heavy (non-hydrogen) atoms. The van der Waals surface area contributed by atoms with E-state index in [1.807, 2.05) is 26.0 Å². The third-order valence-electron chi connectivity index (χ3n) is 2.84. The lowest BCUT2D eigenvalue weighted by atomic mass is 9.96. The number of benzene rings is 1. The quantitative estimate of drug-likeness (QED) is 0.838. The number of hydrogen-bond acceptors (Lipinski definition) is 3. The zero-order valence-corrected chi connectivity index (χ0v) is 13.3. The molecule has 0 fully saturated rings. The Hall–Kier alpha value is -1.11. The van der Waals surface area contributed by atoms with Crippen LogP contribution in [0.15, 0.2) is 24.3 Å². The van der Waals surface area contributed by atoms with E-state index >= 15 is 0 Å². The third kappa shape index (κ3) is 5.11. The highest BCUT2D eigenvalue weighted by Gasteiger charge is 2.21. The summed E-state index contributed by atoms with van der Waals surface area (Å²) in [5.74, 6) is -0.995. The molecule has 2 N–H and O–H groups in total. The number of hydrogen-bond donors (Lipinski definition) is 2. The second kappa shape index (κ2) is 7.06. The Morgan fingerprint density at radius 3 is 2.25 bits per heavy atom. The first kappa shape index (κ1) is 16.9. The van der Waals surface area contributed by atoms with Crippen molar-refractivity contribution in [1.29, 1.82) is 0 Å². The van der Waals surface area contributed by atoms with E-state index in [0.717, 1.165) is 5.56 Å². The molecule has 0 aliphatic heterocycles. The molecular weight excluding hydrogens is 300 g/mol. The van der Waals surface area contributed by atoms with Crippen molar-refractivity contribution < 1.29 is 13.2 Å². The molecule has 112 valence electrons. The molecule has 1 amide bonds. The maximum Gasteiger partial charge on any atom is 0.237 e. The van der Waals surface area contributed by atoms with Gasteiger partial charge in [0.25, 0.3) is 0 Å². The second-order valence-electron chi connectivity index (χ2n) is 4.80. The summed E-state index contributed by atoms with van der Waals surface area (Å²) in [5, 5.41) is 3.35. The summed E-state index contributed by atoms with van der Waals surface area (Å²) < 4.78 is 24.8. The van der Waals surface area contributed by atoms with E-state index in [0.29, 0.717) is 5.02 Å². The topological polar surface area (TPSA) is 75.3 Å². The highest BCUT2D eigenvalue weighted by molar-refractivity contribution is 7.90. The normalized spacial score (nSPS) is 13.2. The SMILES string of the molecule is CNS(=O)(=O)CC(=O)NC(c1ccc(Cl)cc1)C(C)C. The first-order chi connectivity index (χ1) is 9.25. The van der Waals surface area contributed by atoms with Gasteiger partial charge < -0.3 is 5.32 Å². The first-order valence-electron chi connectivity index (χ1n) is 6.21. The molecule has 0 spiro atoms. The number of halogens is 1. The molecule has 0 saturated carbocycles. The molecule has 0 saturated heterocycles. The van der Waals surface area contributed by atoms with Gasteiger partial charge >= 0.3 is 0 Å². The van der Waals surface area contributed by atoms with Crippen molar-refractivity contribution in [2.45, 2.75) is 19.9 Å². The minimum absolute atomic E-state index is 0.123. The molecule has 0 radical (unpaired) electrons. The van der Waals surface area contributed by atoms with Crippen LogP contribution in [0.5, 0.6) is 0 Å². The van der Waals surface area contributed by atoms with E-state index in [1.54, 1.807) is 12.1 Å². The third-order valence-corrected chi connectivity index (χ3v) is 4.36. The van der Waals surface area contributed by atoms with Crippen LogP contribution in [0.2, 0.25) is 5.02 Å². The predicted octanol–water partition coefficient (Wildman–Crippen LogP) is 1.70. The second-order valence-corrected chi connectivity index (χ2v) is 7.17. The minimum atomic E-state index is -3.56. The van der Waals surface area contributed by atoms with Crippen LogP contribution in [0.25, 0.3) is 0 Å². The Morgan fingerprint density at radius 1 is 1.25 bits per heavy atom. The Bertz CT molecular complexity index is 555. The van der Waals surface area contributed by atoms with Gasteiger partial charge in [0.2, 0.25) is 15.9 Å². The lowest BCUT2D eigenvalue weighted by molar-refractivity contribution is -0.119. The zero-order chi connectivity index (χ0) is 15.3. The minimum Gasteiger partial charge on any atom is -0.348 e.